The van der Waals surface area contributed by atoms with E-state index in [1.54, 1.807) is 0 Å². The predicted octanol–water partition coefficient (Wildman–Crippen LogP) is 4.39. The molecule has 2 atom stereocenters. The molecule has 0 rings (SSSR count). The van der Waals surface area contributed by atoms with Crippen LogP contribution in [0.3, 0.4) is 0 Å². The monoisotopic (exact) mass is 225 g/mol. The lowest BCUT2D eigenvalue weighted by molar-refractivity contribution is 0.398. The zero-order valence-corrected chi connectivity index (χ0v) is 12.1. The average Bonchev–Trinajstić information content (AvgIpc) is 2.13. The summed E-state index contributed by atoms with van der Waals surface area (Å²) in [6.45, 7) is 14.7. The van der Waals surface area contributed by atoms with Gasteiger partial charge in [-0.1, -0.05) is 32.4 Å². The van der Waals surface area contributed by atoms with E-state index in [2.05, 4.69) is 52.9 Å². The van der Waals surface area contributed by atoms with E-state index in [1.807, 2.05) is 0 Å². The fraction of sp³-hybridized carbons (Fsp3) is 0.867. The van der Waals surface area contributed by atoms with Crippen LogP contribution >= 0.6 is 0 Å². The Morgan fingerprint density at radius 3 is 2.25 bits per heavy atom. The van der Waals surface area contributed by atoms with Crippen LogP contribution < -0.4 is 5.32 Å². The lowest BCUT2D eigenvalue weighted by Gasteiger charge is -2.19. The maximum Gasteiger partial charge on any atom is 0.00412 e. The van der Waals surface area contributed by atoms with Gasteiger partial charge in [-0.15, -0.1) is 0 Å². The van der Waals surface area contributed by atoms with Crippen LogP contribution in [0.1, 0.15) is 60.8 Å². The highest BCUT2D eigenvalue weighted by molar-refractivity contribution is 4.92. The topological polar surface area (TPSA) is 12.0 Å². The van der Waals surface area contributed by atoms with Gasteiger partial charge in [0.05, 0.1) is 0 Å². The van der Waals surface area contributed by atoms with E-state index in [1.165, 1.54) is 24.8 Å². The second-order valence-electron chi connectivity index (χ2n) is 5.90. The molecule has 0 bridgehead atoms. The average molecular weight is 225 g/mol. The summed E-state index contributed by atoms with van der Waals surface area (Å²) >= 11 is 0. The van der Waals surface area contributed by atoms with E-state index in [4.69, 9.17) is 0 Å². The summed E-state index contributed by atoms with van der Waals surface area (Å²) in [7, 11) is 0. The molecule has 0 spiro atoms. The van der Waals surface area contributed by atoms with Crippen molar-refractivity contribution in [3.8, 4) is 0 Å². The van der Waals surface area contributed by atoms with Gasteiger partial charge < -0.3 is 5.32 Å². The van der Waals surface area contributed by atoms with Crippen LogP contribution in [-0.4, -0.2) is 12.6 Å². The van der Waals surface area contributed by atoms with E-state index in [-0.39, 0.29) is 0 Å². The van der Waals surface area contributed by atoms with Gasteiger partial charge in [0.25, 0.3) is 0 Å². The molecule has 0 saturated heterocycles. The molecule has 0 aromatic carbocycles. The fourth-order valence-corrected chi connectivity index (χ4v) is 1.95. The summed E-state index contributed by atoms with van der Waals surface area (Å²) in [6.07, 6.45) is 6.14. The van der Waals surface area contributed by atoms with E-state index in [0.29, 0.717) is 6.04 Å². The number of nitrogens with one attached hydrogen (secondary N) is 1. The molecule has 1 heteroatoms. The first-order valence-corrected chi connectivity index (χ1v) is 6.78. The van der Waals surface area contributed by atoms with Crippen molar-refractivity contribution in [2.24, 2.45) is 11.8 Å². The van der Waals surface area contributed by atoms with E-state index >= 15 is 0 Å². The number of hydrogen-bond acceptors (Lipinski definition) is 1. The fourth-order valence-electron chi connectivity index (χ4n) is 1.95. The second-order valence-corrected chi connectivity index (χ2v) is 5.90. The first-order chi connectivity index (χ1) is 7.41. The Morgan fingerprint density at radius 1 is 1.12 bits per heavy atom. The molecule has 0 aliphatic rings. The molecule has 0 aliphatic carbocycles. The van der Waals surface area contributed by atoms with E-state index in [0.717, 1.165) is 18.4 Å². The lowest BCUT2D eigenvalue weighted by atomic mass is 10.0. The number of hydrogen-bond donors (Lipinski definition) is 1. The molecule has 96 valence electrons. The standard InChI is InChI=1S/C15H31N/c1-12(2)8-7-9-14(5)11-16-15(6)10-13(3)4/h8,13-16H,7,9-11H2,1-6H3. The zero-order chi connectivity index (χ0) is 12.6. The largest absolute Gasteiger partial charge is 0.314 e. The zero-order valence-electron chi connectivity index (χ0n) is 12.1. The van der Waals surface area contributed by atoms with Gasteiger partial charge in [-0.25, -0.2) is 0 Å². The molecule has 0 radical (unpaired) electrons. The molecule has 0 aromatic heterocycles. The summed E-state index contributed by atoms with van der Waals surface area (Å²) in [6, 6.07) is 0.658. The third-order valence-electron chi connectivity index (χ3n) is 2.85. The van der Waals surface area contributed by atoms with Crippen molar-refractivity contribution in [1.29, 1.82) is 0 Å². The molecule has 0 fully saturated rings. The number of allylic oxidation sites excluding steroid dienone is 2. The third-order valence-corrected chi connectivity index (χ3v) is 2.85. The minimum Gasteiger partial charge on any atom is -0.314 e. The molecular weight excluding hydrogens is 194 g/mol. The third kappa shape index (κ3) is 10.2. The molecule has 0 amide bonds. The predicted molar refractivity (Wildman–Crippen MR) is 74.7 cm³/mol. The minimum absolute atomic E-state index is 0.658. The van der Waals surface area contributed by atoms with Gasteiger partial charge in [-0.2, -0.15) is 0 Å². The van der Waals surface area contributed by atoms with E-state index < -0.39 is 0 Å². The highest BCUT2D eigenvalue weighted by Crippen LogP contribution is 2.08. The van der Waals surface area contributed by atoms with Crippen LogP contribution in [0.4, 0.5) is 0 Å². The van der Waals surface area contributed by atoms with Crippen molar-refractivity contribution in [3.63, 3.8) is 0 Å². The molecule has 0 aromatic rings. The first-order valence-electron chi connectivity index (χ1n) is 6.78. The van der Waals surface area contributed by atoms with Crippen LogP contribution in [-0.2, 0) is 0 Å². The summed E-state index contributed by atoms with van der Waals surface area (Å²) in [5, 5.41) is 3.63. The van der Waals surface area contributed by atoms with Gasteiger partial charge in [0.1, 0.15) is 0 Å². The van der Waals surface area contributed by atoms with Crippen molar-refractivity contribution in [2.75, 3.05) is 6.54 Å². The Labute approximate surface area is 103 Å². The smallest absolute Gasteiger partial charge is 0.00412 e. The van der Waals surface area contributed by atoms with Crippen molar-refractivity contribution >= 4 is 0 Å². The Morgan fingerprint density at radius 2 is 1.75 bits per heavy atom. The van der Waals surface area contributed by atoms with Crippen molar-refractivity contribution < 1.29 is 0 Å². The lowest BCUT2D eigenvalue weighted by Crippen LogP contribution is -2.31. The normalized spacial score (nSPS) is 14.9. The molecule has 1 nitrogen and oxygen atoms in total. The Hall–Kier alpha value is -0.300. The summed E-state index contributed by atoms with van der Waals surface area (Å²) < 4.78 is 0. The molecule has 0 heterocycles. The van der Waals surface area contributed by atoms with Crippen LogP contribution in [0.2, 0.25) is 0 Å². The van der Waals surface area contributed by atoms with Crippen LogP contribution in [0.25, 0.3) is 0 Å². The SMILES string of the molecule is CC(C)=CCCC(C)CNC(C)CC(C)C. The number of rotatable bonds is 8. The molecular formula is C15H31N. The minimum atomic E-state index is 0.658. The van der Waals surface area contributed by atoms with Crippen LogP contribution in [0.5, 0.6) is 0 Å². The maximum atomic E-state index is 3.63. The summed E-state index contributed by atoms with van der Waals surface area (Å²) in [4.78, 5) is 0. The van der Waals surface area contributed by atoms with Gasteiger partial charge in [-0.3, -0.25) is 0 Å². The van der Waals surface area contributed by atoms with Crippen molar-refractivity contribution in [1.82, 2.24) is 5.32 Å². The molecule has 0 saturated carbocycles. The Balaban J connectivity index is 3.56. The van der Waals surface area contributed by atoms with Gasteiger partial charge in [0, 0.05) is 6.04 Å². The highest BCUT2D eigenvalue weighted by atomic mass is 14.9. The van der Waals surface area contributed by atoms with Gasteiger partial charge in [-0.05, 0) is 58.4 Å². The van der Waals surface area contributed by atoms with Crippen molar-refractivity contribution in [3.05, 3.63) is 11.6 Å². The first kappa shape index (κ1) is 15.7. The Kier molecular flexibility index (Phi) is 8.64. The summed E-state index contributed by atoms with van der Waals surface area (Å²) in [5.41, 5.74) is 1.44. The van der Waals surface area contributed by atoms with Crippen molar-refractivity contribution in [2.45, 2.75) is 66.8 Å². The second kappa shape index (κ2) is 8.81. The maximum absolute atomic E-state index is 3.63. The summed E-state index contributed by atoms with van der Waals surface area (Å²) in [5.74, 6) is 1.58. The van der Waals surface area contributed by atoms with Gasteiger partial charge in [0.2, 0.25) is 0 Å². The van der Waals surface area contributed by atoms with Crippen LogP contribution in [0, 0.1) is 11.8 Å². The van der Waals surface area contributed by atoms with E-state index in [9.17, 15) is 0 Å². The molecule has 16 heavy (non-hydrogen) atoms. The molecule has 2 unspecified atom stereocenters. The highest BCUT2D eigenvalue weighted by Gasteiger charge is 2.06. The molecule has 0 aliphatic heterocycles. The Bertz CT molecular complexity index is 190. The van der Waals surface area contributed by atoms with Gasteiger partial charge in [0.15, 0.2) is 0 Å². The van der Waals surface area contributed by atoms with Gasteiger partial charge >= 0.3 is 0 Å². The van der Waals surface area contributed by atoms with Crippen LogP contribution in [0.15, 0.2) is 11.6 Å². The molecule has 1 N–H and O–H groups in total. The quantitative estimate of drug-likeness (QED) is 0.604.